The first-order valence-corrected chi connectivity index (χ1v) is 6.75. The Bertz CT molecular complexity index is 437. The number of nitrogens with one attached hydrogen (secondary N) is 1. The minimum Gasteiger partial charge on any atom is -0.377 e. The van der Waals surface area contributed by atoms with Gasteiger partial charge < -0.3 is 5.32 Å². The van der Waals surface area contributed by atoms with E-state index < -0.39 is 0 Å². The van der Waals surface area contributed by atoms with Gasteiger partial charge in [0.2, 0.25) is 0 Å². The van der Waals surface area contributed by atoms with Crippen molar-refractivity contribution in [1.82, 2.24) is 18.9 Å². The van der Waals surface area contributed by atoms with Gasteiger partial charge in [0, 0.05) is 24.3 Å². The van der Waals surface area contributed by atoms with Crippen LogP contribution in [-0.2, 0) is 5.75 Å². The zero-order chi connectivity index (χ0) is 10.7. The maximum absolute atomic E-state index is 4.27. The van der Waals surface area contributed by atoms with Gasteiger partial charge in [0.1, 0.15) is 16.5 Å². The summed E-state index contributed by atoms with van der Waals surface area (Å²) in [4.78, 5) is 4.27. The van der Waals surface area contributed by atoms with Gasteiger partial charge in [-0.2, -0.15) is 4.37 Å². The van der Waals surface area contributed by atoms with E-state index in [0.717, 1.165) is 26.6 Å². The Balaban J connectivity index is 1.98. The Hall–Kier alpha value is -0.730. The predicted molar refractivity (Wildman–Crippen MR) is 63.7 cm³/mol. The zero-order valence-electron chi connectivity index (χ0n) is 8.22. The number of nitrogens with zero attached hydrogens (tertiary/aromatic N) is 4. The van der Waals surface area contributed by atoms with Gasteiger partial charge in [0.25, 0.3) is 0 Å². The van der Waals surface area contributed by atoms with Crippen molar-refractivity contribution in [1.29, 1.82) is 0 Å². The molecule has 0 spiro atoms. The molecule has 0 aliphatic rings. The summed E-state index contributed by atoms with van der Waals surface area (Å²) in [6.07, 6.45) is 0. The highest BCUT2D eigenvalue weighted by molar-refractivity contribution is 8.00. The molecule has 2 rings (SSSR count). The van der Waals surface area contributed by atoms with Crippen molar-refractivity contribution in [3.05, 3.63) is 11.5 Å². The van der Waals surface area contributed by atoms with Crippen molar-refractivity contribution in [2.24, 2.45) is 0 Å². The second-order valence-corrected chi connectivity index (χ2v) is 5.42. The SMILES string of the molecule is CNc1snnc1CSc1nc(C)ns1. The van der Waals surface area contributed by atoms with Crippen molar-refractivity contribution < 1.29 is 0 Å². The Labute approximate surface area is 99.7 Å². The van der Waals surface area contributed by atoms with Crippen molar-refractivity contribution in [3.63, 3.8) is 0 Å². The van der Waals surface area contributed by atoms with Crippen LogP contribution in [0.25, 0.3) is 0 Å². The summed E-state index contributed by atoms with van der Waals surface area (Å²) in [7, 11) is 1.87. The minimum atomic E-state index is 0.779. The molecule has 2 heterocycles. The van der Waals surface area contributed by atoms with Crippen molar-refractivity contribution in [2.75, 3.05) is 12.4 Å². The topological polar surface area (TPSA) is 63.6 Å². The smallest absolute Gasteiger partial charge is 0.170 e. The average Bonchev–Trinajstić information content (AvgIpc) is 2.83. The molecular formula is C7H9N5S3. The number of aromatic nitrogens is 4. The summed E-state index contributed by atoms with van der Waals surface area (Å²) >= 11 is 4.43. The van der Waals surface area contributed by atoms with Crippen LogP contribution in [0, 0.1) is 6.92 Å². The van der Waals surface area contributed by atoms with Gasteiger partial charge in [-0.25, -0.2) is 4.98 Å². The number of aryl methyl sites for hydroxylation is 1. The first kappa shape index (κ1) is 10.8. The van der Waals surface area contributed by atoms with E-state index in [9.17, 15) is 0 Å². The van der Waals surface area contributed by atoms with E-state index in [1.165, 1.54) is 23.1 Å². The van der Waals surface area contributed by atoms with Crippen LogP contribution in [0.4, 0.5) is 5.00 Å². The highest BCUT2D eigenvalue weighted by atomic mass is 32.2. The highest BCUT2D eigenvalue weighted by Gasteiger charge is 2.08. The molecule has 5 nitrogen and oxygen atoms in total. The molecule has 0 saturated heterocycles. The molecular weight excluding hydrogens is 250 g/mol. The van der Waals surface area contributed by atoms with E-state index in [0.29, 0.717) is 0 Å². The zero-order valence-corrected chi connectivity index (χ0v) is 10.7. The summed E-state index contributed by atoms with van der Waals surface area (Å²) in [5.74, 6) is 1.61. The summed E-state index contributed by atoms with van der Waals surface area (Å²) < 4.78 is 8.99. The third-order valence-electron chi connectivity index (χ3n) is 1.62. The fourth-order valence-corrected chi connectivity index (χ4v) is 3.16. The van der Waals surface area contributed by atoms with Gasteiger partial charge in [-0.15, -0.1) is 5.10 Å². The Morgan fingerprint density at radius 1 is 1.40 bits per heavy atom. The monoisotopic (exact) mass is 259 g/mol. The van der Waals surface area contributed by atoms with Crippen LogP contribution in [0.1, 0.15) is 11.5 Å². The van der Waals surface area contributed by atoms with E-state index in [1.54, 1.807) is 11.8 Å². The quantitative estimate of drug-likeness (QED) is 0.848. The van der Waals surface area contributed by atoms with Crippen molar-refractivity contribution >= 4 is 39.8 Å². The lowest BCUT2D eigenvalue weighted by atomic mass is 10.5. The summed E-state index contributed by atoms with van der Waals surface area (Å²) in [6.45, 7) is 1.89. The van der Waals surface area contributed by atoms with Gasteiger partial charge in [0.05, 0.1) is 0 Å². The molecule has 0 radical (unpaired) electrons. The van der Waals surface area contributed by atoms with Crippen LogP contribution >= 0.6 is 34.8 Å². The maximum Gasteiger partial charge on any atom is 0.170 e. The van der Waals surface area contributed by atoms with Crippen LogP contribution in [0.2, 0.25) is 0 Å². The highest BCUT2D eigenvalue weighted by Crippen LogP contribution is 2.27. The number of hydrogen-bond acceptors (Lipinski definition) is 8. The van der Waals surface area contributed by atoms with E-state index >= 15 is 0 Å². The average molecular weight is 259 g/mol. The van der Waals surface area contributed by atoms with E-state index in [4.69, 9.17) is 0 Å². The summed E-state index contributed by atoms with van der Waals surface area (Å²) in [5.41, 5.74) is 0.973. The van der Waals surface area contributed by atoms with Crippen LogP contribution < -0.4 is 5.32 Å². The molecule has 15 heavy (non-hydrogen) atoms. The lowest BCUT2D eigenvalue weighted by molar-refractivity contribution is 1.07. The number of anilines is 1. The molecule has 80 valence electrons. The molecule has 0 unspecified atom stereocenters. The summed E-state index contributed by atoms with van der Waals surface area (Å²) in [5, 5.41) is 8.13. The van der Waals surface area contributed by atoms with Crippen LogP contribution in [0.15, 0.2) is 4.34 Å². The molecule has 0 aromatic carbocycles. The maximum atomic E-state index is 4.27. The predicted octanol–water partition coefficient (Wildman–Crippen LogP) is 2.03. The molecule has 0 fully saturated rings. The van der Waals surface area contributed by atoms with E-state index in [-0.39, 0.29) is 0 Å². The van der Waals surface area contributed by atoms with Crippen LogP contribution in [0.5, 0.6) is 0 Å². The molecule has 8 heteroatoms. The molecule has 0 saturated carbocycles. The summed E-state index contributed by atoms with van der Waals surface area (Å²) in [6, 6.07) is 0. The molecule has 2 aromatic rings. The largest absolute Gasteiger partial charge is 0.377 e. The van der Waals surface area contributed by atoms with Crippen molar-refractivity contribution in [3.8, 4) is 0 Å². The third-order valence-corrected chi connectivity index (χ3v) is 4.35. The standard InChI is InChI=1S/C7H9N5S3/c1-4-9-7(15-11-4)13-3-5-6(8-2)14-12-10-5/h8H,3H2,1-2H3. The number of hydrogen-bond donors (Lipinski definition) is 1. The van der Waals surface area contributed by atoms with Gasteiger partial charge in [-0.05, 0) is 18.5 Å². The molecule has 0 aliphatic heterocycles. The van der Waals surface area contributed by atoms with Gasteiger partial charge >= 0.3 is 0 Å². The normalized spacial score (nSPS) is 10.5. The Morgan fingerprint density at radius 2 is 2.27 bits per heavy atom. The second-order valence-electron chi connectivity index (χ2n) is 2.69. The Morgan fingerprint density at radius 3 is 2.93 bits per heavy atom. The minimum absolute atomic E-state index is 0.779. The molecule has 0 amide bonds. The molecule has 0 aliphatic carbocycles. The van der Waals surface area contributed by atoms with Crippen LogP contribution in [0.3, 0.4) is 0 Å². The molecule has 1 N–H and O–H groups in total. The fourth-order valence-electron chi connectivity index (χ4n) is 0.960. The first-order chi connectivity index (χ1) is 7.29. The lowest BCUT2D eigenvalue weighted by Crippen LogP contribution is -1.90. The van der Waals surface area contributed by atoms with Crippen LogP contribution in [-0.4, -0.2) is 26.0 Å². The first-order valence-electron chi connectivity index (χ1n) is 4.21. The lowest BCUT2D eigenvalue weighted by Gasteiger charge is -1.96. The van der Waals surface area contributed by atoms with Crippen molar-refractivity contribution in [2.45, 2.75) is 17.0 Å². The van der Waals surface area contributed by atoms with E-state index in [1.807, 2.05) is 14.0 Å². The molecule has 2 aromatic heterocycles. The van der Waals surface area contributed by atoms with Gasteiger partial charge in [0.15, 0.2) is 4.34 Å². The molecule has 0 bridgehead atoms. The number of thioether (sulfide) groups is 1. The Kier molecular flexibility index (Phi) is 3.49. The van der Waals surface area contributed by atoms with Gasteiger partial charge in [-0.3, -0.25) is 0 Å². The second kappa shape index (κ2) is 4.86. The fraction of sp³-hybridized carbons (Fsp3) is 0.429. The third kappa shape index (κ3) is 2.64. The molecule has 0 atom stereocenters. The van der Waals surface area contributed by atoms with Gasteiger partial charge in [-0.1, -0.05) is 16.3 Å². The number of rotatable bonds is 4. The van der Waals surface area contributed by atoms with E-state index in [2.05, 4.69) is 24.3 Å².